The Morgan fingerprint density at radius 1 is 1.10 bits per heavy atom. The van der Waals surface area contributed by atoms with Crippen LogP contribution in [-0.4, -0.2) is 16.4 Å². The van der Waals surface area contributed by atoms with Gasteiger partial charge in [-0.25, -0.2) is 8.78 Å². The van der Waals surface area contributed by atoms with Gasteiger partial charge in [-0.3, -0.25) is 9.00 Å². The first-order valence-electron chi connectivity index (χ1n) is 5.68. The van der Waals surface area contributed by atoms with E-state index in [1.54, 1.807) is 18.2 Å². The van der Waals surface area contributed by atoms with Crippen molar-refractivity contribution >= 4 is 22.4 Å². The summed E-state index contributed by atoms with van der Waals surface area (Å²) in [6.45, 7) is 0. The third kappa shape index (κ3) is 3.08. The average Bonchev–Trinajstić information content (AvgIpc) is 2.38. The van der Waals surface area contributed by atoms with Gasteiger partial charge in [0, 0.05) is 27.6 Å². The van der Waals surface area contributed by atoms with Crippen LogP contribution in [0, 0.1) is 11.6 Å². The molecule has 0 radical (unpaired) electrons. The quantitative estimate of drug-likeness (QED) is 0.946. The molecule has 2 aromatic carbocycles. The summed E-state index contributed by atoms with van der Waals surface area (Å²) in [4.78, 5) is 12.4. The van der Waals surface area contributed by atoms with E-state index in [1.807, 2.05) is 0 Å². The van der Waals surface area contributed by atoms with Crippen LogP contribution in [0.3, 0.4) is 0 Å². The van der Waals surface area contributed by atoms with E-state index < -0.39 is 33.9 Å². The molecule has 0 saturated carbocycles. The van der Waals surface area contributed by atoms with E-state index in [4.69, 9.17) is 0 Å². The molecule has 1 amide bonds. The number of amides is 1. The maximum atomic E-state index is 13.5. The van der Waals surface area contributed by atoms with E-state index in [0.29, 0.717) is 10.6 Å². The lowest BCUT2D eigenvalue weighted by Gasteiger charge is -2.08. The first kappa shape index (κ1) is 14.3. The first-order valence-corrected chi connectivity index (χ1v) is 7.23. The predicted octanol–water partition coefficient (Wildman–Crippen LogP) is 2.95. The van der Waals surface area contributed by atoms with Gasteiger partial charge in [0.2, 0.25) is 0 Å². The molecule has 1 atom stereocenters. The molecular weight excluding hydrogens is 284 g/mol. The topological polar surface area (TPSA) is 46.2 Å². The lowest BCUT2D eigenvalue weighted by Crippen LogP contribution is -2.15. The third-order valence-corrected chi connectivity index (χ3v) is 3.53. The van der Waals surface area contributed by atoms with Crippen LogP contribution in [0.2, 0.25) is 0 Å². The molecule has 0 aromatic heterocycles. The van der Waals surface area contributed by atoms with Crippen molar-refractivity contribution in [3.8, 4) is 0 Å². The molecule has 0 spiro atoms. The Morgan fingerprint density at radius 3 is 2.30 bits per heavy atom. The molecule has 0 bridgehead atoms. The number of rotatable bonds is 3. The number of hydrogen-bond acceptors (Lipinski definition) is 2. The summed E-state index contributed by atoms with van der Waals surface area (Å²) in [5, 5.41) is 2.38. The van der Waals surface area contributed by atoms with E-state index in [1.165, 1.54) is 18.4 Å². The molecule has 1 unspecified atom stereocenters. The average molecular weight is 295 g/mol. The van der Waals surface area contributed by atoms with Crippen molar-refractivity contribution in [1.29, 1.82) is 0 Å². The van der Waals surface area contributed by atoms with Gasteiger partial charge in [0.15, 0.2) is 0 Å². The van der Waals surface area contributed by atoms with Crippen molar-refractivity contribution in [2.24, 2.45) is 0 Å². The molecule has 0 saturated heterocycles. The van der Waals surface area contributed by atoms with Gasteiger partial charge in [0.05, 0.1) is 0 Å². The molecule has 1 N–H and O–H groups in total. The van der Waals surface area contributed by atoms with Crippen molar-refractivity contribution in [3.05, 3.63) is 59.7 Å². The Kier molecular flexibility index (Phi) is 4.24. The molecular formula is C14H11F2NO2S. The number of hydrogen-bond donors (Lipinski definition) is 1. The molecule has 3 nitrogen and oxygen atoms in total. The van der Waals surface area contributed by atoms with Gasteiger partial charge >= 0.3 is 0 Å². The summed E-state index contributed by atoms with van der Waals surface area (Å²) in [7, 11) is -1.21. The minimum absolute atomic E-state index is 0.324. The zero-order valence-electron chi connectivity index (χ0n) is 10.5. The maximum Gasteiger partial charge on any atom is 0.261 e. The highest BCUT2D eigenvalue weighted by Crippen LogP contribution is 2.17. The van der Waals surface area contributed by atoms with E-state index in [9.17, 15) is 17.8 Å². The summed E-state index contributed by atoms with van der Waals surface area (Å²) < 4.78 is 38.3. The Morgan fingerprint density at radius 2 is 1.70 bits per heavy atom. The number of carbonyl (C=O) groups excluding carboxylic acids is 1. The molecule has 0 fully saturated rings. The van der Waals surface area contributed by atoms with Crippen LogP contribution in [-0.2, 0) is 10.8 Å². The van der Waals surface area contributed by atoms with Crippen molar-refractivity contribution < 1.29 is 17.8 Å². The molecule has 0 heterocycles. The maximum absolute atomic E-state index is 13.5. The van der Waals surface area contributed by atoms with Gasteiger partial charge in [-0.05, 0) is 30.3 Å². The molecule has 20 heavy (non-hydrogen) atoms. The summed E-state index contributed by atoms with van der Waals surface area (Å²) in [5.41, 5.74) is -0.319. The van der Waals surface area contributed by atoms with E-state index in [2.05, 4.69) is 5.32 Å². The van der Waals surface area contributed by atoms with Crippen LogP contribution in [0.5, 0.6) is 0 Å². The molecule has 6 heteroatoms. The smallest absolute Gasteiger partial charge is 0.261 e. The largest absolute Gasteiger partial charge is 0.322 e. The number of benzene rings is 2. The van der Waals surface area contributed by atoms with Crippen LogP contribution in [0.15, 0.2) is 47.4 Å². The monoisotopic (exact) mass is 295 g/mol. The second-order valence-corrected chi connectivity index (χ2v) is 5.41. The molecule has 0 aliphatic rings. The van der Waals surface area contributed by atoms with Gasteiger partial charge < -0.3 is 5.32 Å². The van der Waals surface area contributed by atoms with Crippen molar-refractivity contribution in [3.63, 3.8) is 0 Å². The lowest BCUT2D eigenvalue weighted by atomic mass is 10.2. The van der Waals surface area contributed by atoms with Crippen LogP contribution in [0.4, 0.5) is 14.5 Å². The SMILES string of the molecule is CS(=O)c1cccc(NC(=O)c2c(F)cccc2F)c1. The standard InChI is InChI=1S/C14H11F2NO2S/c1-20(19)10-5-2-4-9(8-10)17-14(18)13-11(15)6-3-7-12(13)16/h2-8H,1H3,(H,17,18). The zero-order chi connectivity index (χ0) is 14.7. The second-order valence-electron chi connectivity index (χ2n) is 4.03. The fraction of sp³-hybridized carbons (Fsp3) is 0.0714. The van der Waals surface area contributed by atoms with Crippen LogP contribution in [0.25, 0.3) is 0 Å². The Hall–Kier alpha value is -2.08. The molecule has 0 aliphatic heterocycles. The normalized spacial score (nSPS) is 11.9. The Balaban J connectivity index is 2.28. The van der Waals surface area contributed by atoms with Crippen molar-refractivity contribution in [1.82, 2.24) is 0 Å². The van der Waals surface area contributed by atoms with Crippen molar-refractivity contribution in [2.75, 3.05) is 11.6 Å². The minimum Gasteiger partial charge on any atom is -0.322 e. The molecule has 0 aliphatic carbocycles. The van der Waals surface area contributed by atoms with E-state index in [-0.39, 0.29) is 0 Å². The van der Waals surface area contributed by atoms with Gasteiger partial charge in [-0.15, -0.1) is 0 Å². The lowest BCUT2D eigenvalue weighted by molar-refractivity contribution is 0.101. The highest BCUT2D eigenvalue weighted by Gasteiger charge is 2.17. The van der Waals surface area contributed by atoms with Crippen molar-refractivity contribution in [2.45, 2.75) is 4.90 Å². The van der Waals surface area contributed by atoms with E-state index >= 15 is 0 Å². The van der Waals surface area contributed by atoms with Gasteiger partial charge in [-0.1, -0.05) is 12.1 Å². The predicted molar refractivity (Wildman–Crippen MR) is 73.1 cm³/mol. The summed E-state index contributed by atoms with van der Waals surface area (Å²) in [6, 6.07) is 9.48. The number of nitrogens with one attached hydrogen (secondary N) is 1. The number of carbonyl (C=O) groups is 1. The number of halogens is 2. The minimum atomic E-state index is -1.21. The summed E-state index contributed by atoms with van der Waals surface area (Å²) in [5.74, 6) is -2.75. The molecule has 104 valence electrons. The third-order valence-electron chi connectivity index (χ3n) is 2.61. The second kappa shape index (κ2) is 5.92. The van der Waals surface area contributed by atoms with Crippen LogP contribution in [0.1, 0.15) is 10.4 Å². The molecule has 2 aromatic rings. The highest BCUT2D eigenvalue weighted by molar-refractivity contribution is 7.84. The van der Waals surface area contributed by atoms with Gasteiger partial charge in [0.25, 0.3) is 5.91 Å². The van der Waals surface area contributed by atoms with E-state index in [0.717, 1.165) is 12.1 Å². The van der Waals surface area contributed by atoms with Crippen LogP contribution >= 0.6 is 0 Å². The number of anilines is 1. The molecule has 2 rings (SSSR count). The fourth-order valence-electron chi connectivity index (χ4n) is 1.66. The Bertz CT molecular complexity index is 668. The summed E-state index contributed by atoms with van der Waals surface area (Å²) >= 11 is 0. The summed E-state index contributed by atoms with van der Waals surface area (Å²) in [6.07, 6.45) is 1.50. The fourth-order valence-corrected chi connectivity index (χ4v) is 2.22. The Labute approximate surface area is 117 Å². The zero-order valence-corrected chi connectivity index (χ0v) is 11.3. The van der Waals surface area contributed by atoms with Crippen LogP contribution < -0.4 is 5.32 Å². The van der Waals surface area contributed by atoms with Gasteiger partial charge in [-0.2, -0.15) is 0 Å². The van der Waals surface area contributed by atoms with Gasteiger partial charge in [0.1, 0.15) is 17.2 Å². The first-order chi connectivity index (χ1) is 9.49. The highest BCUT2D eigenvalue weighted by atomic mass is 32.2.